The third kappa shape index (κ3) is 4.18. The summed E-state index contributed by atoms with van der Waals surface area (Å²) in [4.78, 5) is 22.4. The number of nitrogens with one attached hydrogen (secondary N) is 1. The Kier molecular flexibility index (Phi) is 5.30. The van der Waals surface area contributed by atoms with Crippen molar-refractivity contribution in [1.29, 1.82) is 0 Å². The lowest BCUT2D eigenvalue weighted by Gasteiger charge is -2.11. The highest BCUT2D eigenvalue weighted by Crippen LogP contribution is 2.17. The molecule has 1 aromatic heterocycles. The van der Waals surface area contributed by atoms with Crippen molar-refractivity contribution >= 4 is 11.9 Å². The summed E-state index contributed by atoms with van der Waals surface area (Å²) >= 11 is 0. The molecule has 6 heteroatoms. The molecule has 0 spiro atoms. The Morgan fingerprint density at radius 3 is 2.77 bits per heavy atom. The van der Waals surface area contributed by atoms with Crippen LogP contribution in [-0.2, 0) is 17.8 Å². The lowest BCUT2D eigenvalue weighted by Crippen LogP contribution is -2.25. The third-order valence-corrected chi connectivity index (χ3v) is 3.11. The number of rotatable bonds is 6. The van der Waals surface area contributed by atoms with Gasteiger partial charge in [-0.2, -0.15) is 0 Å². The summed E-state index contributed by atoms with van der Waals surface area (Å²) in [6, 6.07) is 9.28. The summed E-state index contributed by atoms with van der Waals surface area (Å²) in [6.45, 7) is 0.372. The van der Waals surface area contributed by atoms with E-state index in [0.29, 0.717) is 12.5 Å². The molecule has 0 fully saturated rings. The van der Waals surface area contributed by atoms with Crippen molar-refractivity contribution in [2.24, 2.45) is 0 Å². The SMILES string of the molecule is COc1ccccc1CC(=O)NCc1ccnc(N(C)C)n1. The van der Waals surface area contributed by atoms with Crippen LogP contribution in [0.1, 0.15) is 11.3 Å². The predicted octanol–water partition coefficient (Wildman–Crippen LogP) is 1.41. The average Bonchev–Trinajstić information content (AvgIpc) is 2.53. The minimum Gasteiger partial charge on any atom is -0.496 e. The zero-order valence-electron chi connectivity index (χ0n) is 13.0. The van der Waals surface area contributed by atoms with Gasteiger partial charge in [-0.05, 0) is 12.1 Å². The van der Waals surface area contributed by atoms with E-state index in [1.807, 2.05) is 43.3 Å². The van der Waals surface area contributed by atoms with Crippen LogP contribution in [0, 0.1) is 0 Å². The summed E-state index contributed by atoms with van der Waals surface area (Å²) in [5, 5.41) is 2.86. The number of nitrogens with zero attached hydrogens (tertiary/aromatic N) is 3. The van der Waals surface area contributed by atoms with Crippen molar-refractivity contribution in [3.63, 3.8) is 0 Å². The normalized spacial score (nSPS) is 10.1. The van der Waals surface area contributed by atoms with E-state index in [9.17, 15) is 4.79 Å². The maximum absolute atomic E-state index is 12.1. The molecule has 1 aromatic carbocycles. The highest BCUT2D eigenvalue weighted by molar-refractivity contribution is 5.79. The molecule has 2 aromatic rings. The number of carbonyl (C=O) groups excluding carboxylic acids is 1. The number of hydrogen-bond donors (Lipinski definition) is 1. The van der Waals surface area contributed by atoms with Crippen molar-refractivity contribution < 1.29 is 9.53 Å². The molecule has 1 heterocycles. The summed E-state index contributed by atoms with van der Waals surface area (Å²) in [5.74, 6) is 1.26. The van der Waals surface area contributed by atoms with Crippen LogP contribution in [-0.4, -0.2) is 37.1 Å². The number of benzene rings is 1. The van der Waals surface area contributed by atoms with E-state index in [4.69, 9.17) is 4.74 Å². The van der Waals surface area contributed by atoms with Crippen LogP contribution in [0.15, 0.2) is 36.5 Å². The number of ether oxygens (including phenoxy) is 1. The number of para-hydroxylation sites is 1. The van der Waals surface area contributed by atoms with Crippen LogP contribution >= 0.6 is 0 Å². The second-order valence-electron chi connectivity index (χ2n) is 5.01. The van der Waals surface area contributed by atoms with Gasteiger partial charge < -0.3 is 15.0 Å². The van der Waals surface area contributed by atoms with Gasteiger partial charge in [-0.15, -0.1) is 0 Å². The van der Waals surface area contributed by atoms with E-state index in [2.05, 4.69) is 15.3 Å². The van der Waals surface area contributed by atoms with E-state index >= 15 is 0 Å². The Balaban J connectivity index is 1.94. The van der Waals surface area contributed by atoms with Crippen LogP contribution in [0.25, 0.3) is 0 Å². The summed E-state index contributed by atoms with van der Waals surface area (Å²) in [7, 11) is 5.35. The molecule has 0 radical (unpaired) electrons. The molecule has 0 aliphatic rings. The topological polar surface area (TPSA) is 67.3 Å². The number of anilines is 1. The fourth-order valence-electron chi connectivity index (χ4n) is 1.97. The summed E-state index contributed by atoms with van der Waals surface area (Å²) in [5.41, 5.74) is 1.63. The van der Waals surface area contributed by atoms with Crippen LogP contribution in [0.5, 0.6) is 5.75 Å². The molecule has 116 valence electrons. The average molecular weight is 300 g/mol. The molecular formula is C16H20N4O2. The molecule has 0 bridgehead atoms. The standard InChI is InChI=1S/C16H20N4O2/c1-20(2)16-17-9-8-13(19-16)11-18-15(21)10-12-6-4-5-7-14(12)22-3/h4-9H,10-11H2,1-3H3,(H,18,21). The minimum absolute atomic E-state index is 0.0745. The molecule has 0 aliphatic carbocycles. The third-order valence-electron chi connectivity index (χ3n) is 3.11. The van der Waals surface area contributed by atoms with Gasteiger partial charge in [0.25, 0.3) is 0 Å². The first-order chi connectivity index (χ1) is 10.6. The molecule has 0 saturated carbocycles. The number of hydrogen-bond acceptors (Lipinski definition) is 5. The van der Waals surface area contributed by atoms with Gasteiger partial charge in [-0.1, -0.05) is 18.2 Å². The zero-order valence-corrected chi connectivity index (χ0v) is 13.0. The molecule has 22 heavy (non-hydrogen) atoms. The lowest BCUT2D eigenvalue weighted by molar-refractivity contribution is -0.120. The maximum Gasteiger partial charge on any atom is 0.225 e. The number of amides is 1. The molecular weight excluding hydrogens is 280 g/mol. The van der Waals surface area contributed by atoms with E-state index in [0.717, 1.165) is 17.0 Å². The second-order valence-corrected chi connectivity index (χ2v) is 5.01. The summed E-state index contributed by atoms with van der Waals surface area (Å²) in [6.07, 6.45) is 1.96. The smallest absolute Gasteiger partial charge is 0.225 e. The first-order valence-corrected chi connectivity index (χ1v) is 6.98. The number of methoxy groups -OCH3 is 1. The fourth-order valence-corrected chi connectivity index (χ4v) is 1.97. The predicted molar refractivity (Wildman–Crippen MR) is 84.9 cm³/mol. The second kappa shape index (κ2) is 7.40. The van der Waals surface area contributed by atoms with Gasteiger partial charge in [0.2, 0.25) is 11.9 Å². The van der Waals surface area contributed by atoms with E-state index in [1.54, 1.807) is 19.4 Å². The number of carbonyl (C=O) groups is 1. The van der Waals surface area contributed by atoms with Gasteiger partial charge in [0.1, 0.15) is 5.75 Å². The Bertz CT molecular complexity index is 644. The zero-order chi connectivity index (χ0) is 15.9. The Morgan fingerprint density at radius 1 is 1.27 bits per heavy atom. The Hall–Kier alpha value is -2.63. The Labute approximate surface area is 130 Å². The van der Waals surface area contributed by atoms with E-state index < -0.39 is 0 Å². The molecule has 2 rings (SSSR count). The molecule has 1 amide bonds. The first kappa shape index (κ1) is 15.8. The quantitative estimate of drug-likeness (QED) is 0.873. The van der Waals surface area contributed by atoms with Gasteiger partial charge in [0.05, 0.1) is 25.8 Å². The maximum atomic E-state index is 12.1. The lowest BCUT2D eigenvalue weighted by atomic mass is 10.1. The molecule has 0 aliphatic heterocycles. The van der Waals surface area contributed by atoms with Crippen molar-refractivity contribution in [1.82, 2.24) is 15.3 Å². The Morgan fingerprint density at radius 2 is 2.05 bits per heavy atom. The molecule has 0 saturated heterocycles. The van der Waals surface area contributed by atoms with Crippen molar-refractivity contribution in [3.05, 3.63) is 47.8 Å². The minimum atomic E-state index is -0.0745. The van der Waals surface area contributed by atoms with Gasteiger partial charge in [0.15, 0.2) is 0 Å². The monoisotopic (exact) mass is 300 g/mol. The highest BCUT2D eigenvalue weighted by Gasteiger charge is 2.08. The summed E-state index contributed by atoms with van der Waals surface area (Å²) < 4.78 is 5.24. The highest BCUT2D eigenvalue weighted by atomic mass is 16.5. The van der Waals surface area contributed by atoms with Gasteiger partial charge >= 0.3 is 0 Å². The van der Waals surface area contributed by atoms with Crippen LogP contribution in [0.3, 0.4) is 0 Å². The van der Waals surface area contributed by atoms with Crippen molar-refractivity contribution in [2.75, 3.05) is 26.1 Å². The van der Waals surface area contributed by atoms with Crippen LogP contribution in [0.2, 0.25) is 0 Å². The van der Waals surface area contributed by atoms with E-state index in [-0.39, 0.29) is 12.3 Å². The molecule has 6 nitrogen and oxygen atoms in total. The van der Waals surface area contributed by atoms with Gasteiger partial charge in [-0.3, -0.25) is 4.79 Å². The van der Waals surface area contributed by atoms with Gasteiger partial charge in [-0.25, -0.2) is 9.97 Å². The first-order valence-electron chi connectivity index (χ1n) is 6.98. The number of aromatic nitrogens is 2. The van der Waals surface area contributed by atoms with E-state index in [1.165, 1.54) is 0 Å². The largest absolute Gasteiger partial charge is 0.496 e. The molecule has 0 atom stereocenters. The van der Waals surface area contributed by atoms with Crippen LogP contribution < -0.4 is 15.0 Å². The molecule has 0 unspecified atom stereocenters. The molecule has 1 N–H and O–H groups in total. The van der Waals surface area contributed by atoms with Gasteiger partial charge in [0, 0.05) is 25.9 Å². The van der Waals surface area contributed by atoms with Crippen molar-refractivity contribution in [3.8, 4) is 5.75 Å². The van der Waals surface area contributed by atoms with Crippen molar-refractivity contribution in [2.45, 2.75) is 13.0 Å². The fraction of sp³-hybridized carbons (Fsp3) is 0.312. The van der Waals surface area contributed by atoms with Crippen LogP contribution in [0.4, 0.5) is 5.95 Å².